The molecule has 0 rings (SSSR count). The first kappa shape index (κ1) is 7.88. The fourth-order valence-electron chi connectivity index (χ4n) is 0.269. The second-order valence-corrected chi connectivity index (χ2v) is 1.80. The highest BCUT2D eigenvalue weighted by Crippen LogP contribution is 1.85. The zero-order chi connectivity index (χ0) is 7.11. The minimum atomic E-state index is 1.15. The maximum absolute atomic E-state index is 4.80. The predicted molar refractivity (Wildman–Crippen MR) is 40.6 cm³/mol. The molecule has 0 amide bonds. The van der Waals surface area contributed by atoms with Gasteiger partial charge in [0.1, 0.15) is 0 Å². The van der Waals surface area contributed by atoms with Crippen molar-refractivity contribution < 1.29 is 0 Å². The van der Waals surface area contributed by atoms with Crippen LogP contribution in [0.15, 0.2) is 21.9 Å². The third-order valence-corrected chi connectivity index (χ3v) is 0.572. The van der Waals surface area contributed by atoms with Gasteiger partial charge < -0.3 is 5.84 Å². The first-order valence-electron chi connectivity index (χ1n) is 2.65. The fourth-order valence-corrected chi connectivity index (χ4v) is 0.269. The van der Waals surface area contributed by atoms with E-state index in [4.69, 9.17) is 5.84 Å². The second kappa shape index (κ2) is 5.03. The summed E-state index contributed by atoms with van der Waals surface area (Å²) < 4.78 is 0. The Labute approximate surface area is 55.0 Å². The number of hydrogen-bond donors (Lipinski definition) is 1. The van der Waals surface area contributed by atoms with Gasteiger partial charge in [-0.3, -0.25) is 4.99 Å². The van der Waals surface area contributed by atoms with E-state index in [1.807, 2.05) is 13.8 Å². The molecule has 0 aromatic heterocycles. The molecule has 3 heteroatoms. The monoisotopic (exact) mass is 125 g/mol. The van der Waals surface area contributed by atoms with Crippen LogP contribution >= 0.6 is 0 Å². The van der Waals surface area contributed by atoms with E-state index < -0.39 is 0 Å². The summed E-state index contributed by atoms with van der Waals surface area (Å²) in [6.07, 6.45) is 4.70. The van der Waals surface area contributed by atoms with Crippen molar-refractivity contribution in [2.45, 2.75) is 13.8 Å². The molecule has 0 aromatic carbocycles. The Morgan fingerprint density at radius 1 is 1.33 bits per heavy atom. The molecule has 0 fully saturated rings. The third kappa shape index (κ3) is 6.88. The Bertz CT molecular complexity index is 140. The van der Waals surface area contributed by atoms with Gasteiger partial charge in [0.05, 0.1) is 6.21 Å². The standard InChI is InChI=1S/C6H11N3/c1-6(2)5-8-3-4-9-7/h3-5H,7H2,1-2H3/b8-3?,9-4-. The van der Waals surface area contributed by atoms with Gasteiger partial charge in [-0.15, -0.1) is 0 Å². The van der Waals surface area contributed by atoms with Crippen LogP contribution in [0.1, 0.15) is 13.8 Å². The Morgan fingerprint density at radius 3 is 2.44 bits per heavy atom. The molecule has 0 saturated heterocycles. The van der Waals surface area contributed by atoms with Crippen LogP contribution in [0, 0.1) is 0 Å². The van der Waals surface area contributed by atoms with Crippen LogP contribution in [0.2, 0.25) is 0 Å². The normalized spacial score (nSPS) is 10.9. The van der Waals surface area contributed by atoms with Crippen LogP contribution in [-0.2, 0) is 0 Å². The maximum Gasteiger partial charge on any atom is 0.0648 e. The Balaban J connectivity index is 3.60. The lowest BCUT2D eigenvalue weighted by molar-refractivity contribution is 1.27. The molecule has 0 saturated carbocycles. The van der Waals surface area contributed by atoms with Crippen molar-refractivity contribution in [3.8, 4) is 0 Å². The van der Waals surface area contributed by atoms with Crippen molar-refractivity contribution in [1.82, 2.24) is 0 Å². The van der Waals surface area contributed by atoms with Gasteiger partial charge in [0.15, 0.2) is 0 Å². The third-order valence-electron chi connectivity index (χ3n) is 0.572. The lowest BCUT2D eigenvalue weighted by Gasteiger charge is -1.78. The molecule has 0 radical (unpaired) electrons. The average molecular weight is 125 g/mol. The van der Waals surface area contributed by atoms with Crippen LogP contribution in [0.5, 0.6) is 0 Å². The maximum atomic E-state index is 4.80. The van der Waals surface area contributed by atoms with E-state index in [1.165, 1.54) is 12.4 Å². The van der Waals surface area contributed by atoms with Crippen molar-refractivity contribution in [3.63, 3.8) is 0 Å². The lowest BCUT2D eigenvalue weighted by Crippen LogP contribution is -1.82. The Morgan fingerprint density at radius 2 is 2.00 bits per heavy atom. The van der Waals surface area contributed by atoms with E-state index in [0.717, 1.165) is 5.57 Å². The van der Waals surface area contributed by atoms with Crippen LogP contribution in [0.4, 0.5) is 0 Å². The Kier molecular flexibility index (Phi) is 4.40. The molecule has 0 aliphatic carbocycles. The summed E-state index contributed by atoms with van der Waals surface area (Å²) in [4.78, 5) is 3.84. The summed E-state index contributed by atoms with van der Waals surface area (Å²) in [7, 11) is 0. The molecule has 0 bridgehead atoms. The highest BCUT2D eigenvalue weighted by Gasteiger charge is 1.68. The quantitative estimate of drug-likeness (QED) is 0.333. The summed E-state index contributed by atoms with van der Waals surface area (Å²) in [6.45, 7) is 3.94. The van der Waals surface area contributed by atoms with Gasteiger partial charge in [-0.2, -0.15) is 5.10 Å². The minimum Gasteiger partial charge on any atom is -0.323 e. The van der Waals surface area contributed by atoms with Crippen LogP contribution in [0.25, 0.3) is 0 Å². The van der Waals surface area contributed by atoms with E-state index in [1.54, 1.807) is 6.20 Å². The SMILES string of the molecule is CC(C)=CN=C/C=N\N. The molecule has 0 heterocycles. The fraction of sp³-hybridized carbons (Fsp3) is 0.333. The van der Waals surface area contributed by atoms with Crippen LogP contribution in [-0.4, -0.2) is 12.4 Å². The number of nitrogens with two attached hydrogens (primary N) is 1. The van der Waals surface area contributed by atoms with Crippen molar-refractivity contribution in [3.05, 3.63) is 11.8 Å². The van der Waals surface area contributed by atoms with E-state index in [0.29, 0.717) is 0 Å². The summed E-state index contributed by atoms with van der Waals surface area (Å²) in [5, 5.41) is 3.23. The molecular weight excluding hydrogens is 114 g/mol. The van der Waals surface area contributed by atoms with Crippen molar-refractivity contribution >= 4 is 12.4 Å². The molecule has 9 heavy (non-hydrogen) atoms. The van der Waals surface area contributed by atoms with Crippen molar-refractivity contribution in [2.75, 3.05) is 0 Å². The molecule has 0 spiro atoms. The number of aliphatic imine (C=N–C) groups is 1. The zero-order valence-corrected chi connectivity index (χ0v) is 5.70. The molecule has 50 valence electrons. The highest BCUT2D eigenvalue weighted by atomic mass is 15.1. The van der Waals surface area contributed by atoms with Gasteiger partial charge in [-0.25, -0.2) is 0 Å². The predicted octanol–water partition coefficient (Wildman–Crippen LogP) is 0.925. The molecule has 0 atom stereocenters. The topological polar surface area (TPSA) is 50.7 Å². The number of nitrogens with zero attached hydrogens (tertiary/aromatic N) is 2. The minimum absolute atomic E-state index is 1.15. The summed E-state index contributed by atoms with van der Waals surface area (Å²) >= 11 is 0. The molecule has 0 aliphatic rings. The molecule has 0 aromatic rings. The van der Waals surface area contributed by atoms with Gasteiger partial charge in [-0.1, -0.05) is 5.57 Å². The van der Waals surface area contributed by atoms with E-state index in [9.17, 15) is 0 Å². The van der Waals surface area contributed by atoms with Crippen molar-refractivity contribution in [1.29, 1.82) is 0 Å². The number of hydrogen-bond acceptors (Lipinski definition) is 3. The first-order chi connectivity index (χ1) is 4.27. The smallest absolute Gasteiger partial charge is 0.0648 e. The van der Waals surface area contributed by atoms with Gasteiger partial charge in [-0.05, 0) is 13.8 Å². The Hall–Kier alpha value is -1.12. The van der Waals surface area contributed by atoms with Gasteiger partial charge in [0.25, 0.3) is 0 Å². The van der Waals surface area contributed by atoms with Crippen LogP contribution < -0.4 is 5.84 Å². The van der Waals surface area contributed by atoms with E-state index in [-0.39, 0.29) is 0 Å². The summed E-state index contributed by atoms with van der Waals surface area (Å²) in [5.74, 6) is 4.80. The number of hydrazone groups is 1. The van der Waals surface area contributed by atoms with Crippen LogP contribution in [0.3, 0.4) is 0 Å². The summed E-state index contributed by atoms with van der Waals surface area (Å²) in [5.41, 5.74) is 1.15. The van der Waals surface area contributed by atoms with Crippen molar-refractivity contribution in [2.24, 2.45) is 15.9 Å². The highest BCUT2D eigenvalue weighted by molar-refractivity contribution is 6.16. The average Bonchev–Trinajstić information content (AvgIpc) is 1.80. The zero-order valence-electron chi connectivity index (χ0n) is 5.70. The molecule has 2 N–H and O–H groups in total. The number of allylic oxidation sites excluding steroid dienone is 1. The second-order valence-electron chi connectivity index (χ2n) is 1.80. The van der Waals surface area contributed by atoms with Gasteiger partial charge in [0, 0.05) is 12.4 Å². The largest absolute Gasteiger partial charge is 0.323 e. The molecule has 0 unspecified atom stereocenters. The first-order valence-corrected chi connectivity index (χ1v) is 2.65. The molecule has 0 aliphatic heterocycles. The molecule has 3 nitrogen and oxygen atoms in total. The molecular formula is C6H11N3. The van der Waals surface area contributed by atoms with E-state index >= 15 is 0 Å². The van der Waals surface area contributed by atoms with E-state index in [2.05, 4.69) is 10.1 Å². The lowest BCUT2D eigenvalue weighted by atomic mass is 10.4. The van der Waals surface area contributed by atoms with Gasteiger partial charge in [0.2, 0.25) is 0 Å². The van der Waals surface area contributed by atoms with Gasteiger partial charge >= 0.3 is 0 Å². The number of rotatable bonds is 2. The summed E-state index contributed by atoms with van der Waals surface area (Å²) in [6, 6.07) is 0.